The van der Waals surface area contributed by atoms with Crippen LogP contribution in [0.2, 0.25) is 0 Å². The number of rotatable bonds is 3. The predicted molar refractivity (Wildman–Crippen MR) is 107 cm³/mol. The van der Waals surface area contributed by atoms with E-state index >= 15 is 0 Å². The zero-order valence-electron chi connectivity index (χ0n) is 14.8. The molecule has 0 spiro atoms. The van der Waals surface area contributed by atoms with Gasteiger partial charge in [0.1, 0.15) is 5.69 Å². The van der Waals surface area contributed by atoms with Crippen molar-refractivity contribution in [1.29, 1.82) is 0 Å². The van der Waals surface area contributed by atoms with E-state index in [9.17, 15) is 4.79 Å². The van der Waals surface area contributed by atoms with Crippen molar-refractivity contribution >= 4 is 28.6 Å². The molecule has 0 fully saturated rings. The molecule has 0 N–H and O–H groups in total. The van der Waals surface area contributed by atoms with Crippen LogP contribution in [0, 0.1) is 0 Å². The fourth-order valence-electron chi connectivity index (χ4n) is 3.33. The van der Waals surface area contributed by atoms with Crippen LogP contribution >= 0.6 is 11.3 Å². The van der Waals surface area contributed by atoms with Crippen molar-refractivity contribution in [3.63, 3.8) is 0 Å². The van der Waals surface area contributed by atoms with Gasteiger partial charge in [-0.3, -0.25) is 4.79 Å². The third-order valence-corrected chi connectivity index (χ3v) is 5.52. The van der Waals surface area contributed by atoms with E-state index in [1.807, 2.05) is 46.7 Å². The molecule has 132 valence electrons. The fourth-order valence-corrected chi connectivity index (χ4v) is 4.13. The standard InChI is InChI=1S/C21H21N3OS/c1-23-12-7-13-24(19-11-6-5-10-18(19)23)21(25)17-15-26-20(22-17)14-16-8-3-2-4-9-16/h2-6,8-11,15H,7,12-14H2,1H3. The van der Waals surface area contributed by atoms with E-state index in [4.69, 9.17) is 0 Å². The Kier molecular flexibility index (Phi) is 4.71. The summed E-state index contributed by atoms with van der Waals surface area (Å²) in [6.45, 7) is 1.66. The van der Waals surface area contributed by atoms with Gasteiger partial charge < -0.3 is 9.80 Å². The Balaban J connectivity index is 1.59. The monoisotopic (exact) mass is 363 g/mol. The minimum Gasteiger partial charge on any atom is -0.373 e. The third-order valence-electron chi connectivity index (χ3n) is 4.67. The maximum absolute atomic E-state index is 13.1. The van der Waals surface area contributed by atoms with Crippen molar-refractivity contribution in [3.8, 4) is 0 Å². The maximum Gasteiger partial charge on any atom is 0.277 e. The van der Waals surface area contributed by atoms with Gasteiger partial charge in [-0.25, -0.2) is 4.98 Å². The smallest absolute Gasteiger partial charge is 0.277 e. The number of amides is 1. The molecule has 0 saturated heterocycles. The van der Waals surface area contributed by atoms with Crippen LogP contribution in [-0.4, -0.2) is 31.0 Å². The molecule has 1 aliphatic rings. The van der Waals surface area contributed by atoms with Gasteiger partial charge in [-0.05, 0) is 24.1 Å². The minimum atomic E-state index is -0.0108. The summed E-state index contributed by atoms with van der Waals surface area (Å²) in [7, 11) is 2.08. The molecule has 1 amide bonds. The molecule has 2 heterocycles. The van der Waals surface area contributed by atoms with Gasteiger partial charge in [0.2, 0.25) is 0 Å². The Morgan fingerprint density at radius 2 is 1.77 bits per heavy atom. The molecule has 0 saturated carbocycles. The number of aromatic nitrogens is 1. The van der Waals surface area contributed by atoms with Crippen molar-refractivity contribution in [2.75, 3.05) is 29.9 Å². The summed E-state index contributed by atoms with van der Waals surface area (Å²) in [5.41, 5.74) is 3.82. The number of benzene rings is 2. The lowest BCUT2D eigenvalue weighted by molar-refractivity contribution is 0.0983. The molecule has 1 aliphatic heterocycles. The first kappa shape index (κ1) is 16.8. The predicted octanol–water partition coefficient (Wildman–Crippen LogP) is 4.22. The molecule has 4 rings (SSSR count). The molecule has 2 aromatic carbocycles. The Morgan fingerprint density at radius 1 is 1.04 bits per heavy atom. The second-order valence-electron chi connectivity index (χ2n) is 6.51. The molecular formula is C21H21N3OS. The lowest BCUT2D eigenvalue weighted by Gasteiger charge is -2.23. The quantitative estimate of drug-likeness (QED) is 0.699. The normalized spacial score (nSPS) is 14.0. The number of thiazole rings is 1. The zero-order valence-corrected chi connectivity index (χ0v) is 15.6. The molecule has 5 heteroatoms. The number of hydrogen-bond donors (Lipinski definition) is 0. The van der Waals surface area contributed by atoms with Crippen LogP contribution in [0.3, 0.4) is 0 Å². The second kappa shape index (κ2) is 7.30. The van der Waals surface area contributed by atoms with E-state index in [1.54, 1.807) is 11.3 Å². The molecule has 3 aromatic rings. The van der Waals surface area contributed by atoms with Crippen LogP contribution in [0.5, 0.6) is 0 Å². The van der Waals surface area contributed by atoms with Crippen molar-refractivity contribution in [3.05, 3.63) is 76.2 Å². The summed E-state index contributed by atoms with van der Waals surface area (Å²) in [5.74, 6) is -0.0108. The van der Waals surface area contributed by atoms with Gasteiger partial charge in [-0.1, -0.05) is 42.5 Å². The SMILES string of the molecule is CN1CCCN(C(=O)c2csc(Cc3ccccc3)n2)c2ccccc21. The average molecular weight is 363 g/mol. The summed E-state index contributed by atoms with van der Waals surface area (Å²) in [4.78, 5) is 21.8. The van der Waals surface area contributed by atoms with Crippen molar-refractivity contribution < 1.29 is 4.79 Å². The Labute approximate surface area is 157 Å². The number of carbonyl (C=O) groups excluding carboxylic acids is 1. The van der Waals surface area contributed by atoms with Gasteiger partial charge in [-0.2, -0.15) is 0 Å². The molecule has 4 nitrogen and oxygen atoms in total. The van der Waals surface area contributed by atoms with E-state index in [0.29, 0.717) is 12.2 Å². The highest BCUT2D eigenvalue weighted by Crippen LogP contribution is 2.32. The van der Waals surface area contributed by atoms with Gasteiger partial charge in [0, 0.05) is 31.9 Å². The van der Waals surface area contributed by atoms with Gasteiger partial charge in [0.25, 0.3) is 5.91 Å². The topological polar surface area (TPSA) is 36.4 Å². The number of carbonyl (C=O) groups is 1. The largest absolute Gasteiger partial charge is 0.373 e. The summed E-state index contributed by atoms with van der Waals surface area (Å²) in [6, 6.07) is 18.3. The Bertz CT molecular complexity index is 906. The Morgan fingerprint density at radius 3 is 2.58 bits per heavy atom. The average Bonchev–Trinajstić information content (AvgIpc) is 3.07. The molecule has 26 heavy (non-hydrogen) atoms. The van der Waals surface area contributed by atoms with Crippen molar-refractivity contribution in [1.82, 2.24) is 4.98 Å². The van der Waals surface area contributed by atoms with Gasteiger partial charge >= 0.3 is 0 Å². The lowest BCUT2D eigenvalue weighted by Crippen LogP contribution is -2.31. The molecule has 1 aromatic heterocycles. The first-order valence-corrected chi connectivity index (χ1v) is 9.71. The van der Waals surface area contributed by atoms with Gasteiger partial charge in [0.15, 0.2) is 0 Å². The second-order valence-corrected chi connectivity index (χ2v) is 7.45. The number of nitrogens with zero attached hydrogens (tertiary/aromatic N) is 3. The van der Waals surface area contributed by atoms with Crippen LogP contribution < -0.4 is 9.80 Å². The summed E-state index contributed by atoms with van der Waals surface area (Å²) in [6.07, 6.45) is 1.70. The molecule has 0 bridgehead atoms. The highest BCUT2D eigenvalue weighted by molar-refractivity contribution is 7.09. The first-order chi connectivity index (χ1) is 12.7. The first-order valence-electron chi connectivity index (χ1n) is 8.83. The lowest BCUT2D eigenvalue weighted by atomic mass is 10.2. The molecule has 0 atom stereocenters. The molecule has 0 radical (unpaired) electrons. The van der Waals surface area contributed by atoms with Crippen LogP contribution in [-0.2, 0) is 6.42 Å². The number of para-hydroxylation sites is 2. The van der Waals surface area contributed by atoms with Crippen molar-refractivity contribution in [2.45, 2.75) is 12.8 Å². The van der Waals surface area contributed by atoms with E-state index in [0.717, 1.165) is 35.8 Å². The van der Waals surface area contributed by atoms with Crippen LogP contribution in [0.4, 0.5) is 11.4 Å². The number of fused-ring (bicyclic) bond motifs is 1. The molecule has 0 unspecified atom stereocenters. The van der Waals surface area contributed by atoms with E-state index < -0.39 is 0 Å². The minimum absolute atomic E-state index is 0.0108. The Hall–Kier alpha value is -2.66. The fraction of sp³-hybridized carbons (Fsp3) is 0.238. The maximum atomic E-state index is 13.1. The summed E-state index contributed by atoms with van der Waals surface area (Å²) >= 11 is 1.55. The number of anilines is 2. The van der Waals surface area contributed by atoms with Gasteiger partial charge in [-0.15, -0.1) is 11.3 Å². The van der Waals surface area contributed by atoms with E-state index in [1.165, 1.54) is 5.56 Å². The van der Waals surface area contributed by atoms with Gasteiger partial charge in [0.05, 0.1) is 16.4 Å². The third kappa shape index (κ3) is 3.35. The van der Waals surface area contributed by atoms with Crippen molar-refractivity contribution in [2.24, 2.45) is 0 Å². The highest BCUT2D eigenvalue weighted by Gasteiger charge is 2.25. The highest BCUT2D eigenvalue weighted by atomic mass is 32.1. The van der Waals surface area contributed by atoms with Crippen LogP contribution in [0.25, 0.3) is 0 Å². The molecule has 0 aliphatic carbocycles. The zero-order chi connectivity index (χ0) is 17.9. The van der Waals surface area contributed by atoms with E-state index in [2.05, 4.69) is 35.1 Å². The summed E-state index contributed by atoms with van der Waals surface area (Å²) < 4.78 is 0. The van der Waals surface area contributed by atoms with Crippen LogP contribution in [0.1, 0.15) is 27.5 Å². The van der Waals surface area contributed by atoms with E-state index in [-0.39, 0.29) is 5.91 Å². The van der Waals surface area contributed by atoms with Crippen LogP contribution in [0.15, 0.2) is 60.0 Å². The molecular weight excluding hydrogens is 342 g/mol. The summed E-state index contributed by atoms with van der Waals surface area (Å²) in [5, 5.41) is 2.86. The number of hydrogen-bond acceptors (Lipinski definition) is 4.